The van der Waals surface area contributed by atoms with E-state index in [9.17, 15) is 9.59 Å². The second kappa shape index (κ2) is 4.06. The van der Waals surface area contributed by atoms with Crippen LogP contribution in [-0.2, 0) is 14.3 Å². The van der Waals surface area contributed by atoms with Crippen molar-refractivity contribution in [3.63, 3.8) is 0 Å². The second-order valence-electron chi connectivity index (χ2n) is 2.50. The molecule has 2 N–H and O–H groups in total. The lowest BCUT2D eigenvalue weighted by atomic mass is 10.2. The van der Waals surface area contributed by atoms with Gasteiger partial charge in [0.15, 0.2) is 0 Å². The lowest BCUT2D eigenvalue weighted by Crippen LogP contribution is -2.56. The maximum Gasteiger partial charge on any atom is 0.329 e. The third-order valence-corrected chi connectivity index (χ3v) is 1.54. The fourth-order valence-corrected chi connectivity index (χ4v) is 1.01. The van der Waals surface area contributed by atoms with Gasteiger partial charge in [-0.1, -0.05) is 0 Å². The first-order valence-corrected chi connectivity index (χ1v) is 3.90. The van der Waals surface area contributed by atoms with Crippen molar-refractivity contribution in [2.75, 3.05) is 19.7 Å². The van der Waals surface area contributed by atoms with E-state index in [1.807, 2.05) is 0 Å². The summed E-state index contributed by atoms with van der Waals surface area (Å²) in [7, 11) is 0. The van der Waals surface area contributed by atoms with Crippen LogP contribution in [-0.4, -0.2) is 37.6 Å². The Morgan fingerprint density at radius 2 is 2.50 bits per heavy atom. The third-order valence-electron chi connectivity index (χ3n) is 1.54. The van der Waals surface area contributed by atoms with Crippen molar-refractivity contribution in [1.82, 2.24) is 10.6 Å². The number of rotatable bonds is 2. The molecule has 0 saturated carbocycles. The molecule has 68 valence electrons. The van der Waals surface area contributed by atoms with Crippen LogP contribution in [0.15, 0.2) is 0 Å². The predicted molar refractivity (Wildman–Crippen MR) is 41.4 cm³/mol. The summed E-state index contributed by atoms with van der Waals surface area (Å²) < 4.78 is 4.74. The lowest BCUT2D eigenvalue weighted by Gasteiger charge is -2.22. The highest BCUT2D eigenvalue weighted by Gasteiger charge is 2.24. The molecule has 0 aliphatic carbocycles. The Morgan fingerprint density at radius 3 is 3.08 bits per heavy atom. The van der Waals surface area contributed by atoms with Crippen LogP contribution in [0.4, 0.5) is 0 Å². The van der Waals surface area contributed by atoms with Gasteiger partial charge in [-0.25, -0.2) is 4.79 Å². The molecule has 1 atom stereocenters. The summed E-state index contributed by atoms with van der Waals surface area (Å²) in [6.07, 6.45) is 0. The summed E-state index contributed by atoms with van der Waals surface area (Å²) in [5.74, 6) is -0.544. The van der Waals surface area contributed by atoms with Crippen LogP contribution in [0, 0.1) is 0 Å². The average Bonchev–Trinajstić information content (AvgIpc) is 2.05. The maximum atomic E-state index is 11.1. The summed E-state index contributed by atoms with van der Waals surface area (Å²) in [4.78, 5) is 21.9. The molecule has 0 radical (unpaired) electrons. The van der Waals surface area contributed by atoms with E-state index in [4.69, 9.17) is 4.74 Å². The molecule has 0 aromatic carbocycles. The van der Waals surface area contributed by atoms with E-state index in [1.165, 1.54) is 0 Å². The van der Waals surface area contributed by atoms with Gasteiger partial charge in [-0.3, -0.25) is 4.79 Å². The average molecular weight is 172 g/mol. The van der Waals surface area contributed by atoms with Crippen molar-refractivity contribution < 1.29 is 14.3 Å². The fourth-order valence-electron chi connectivity index (χ4n) is 1.01. The van der Waals surface area contributed by atoms with Crippen LogP contribution >= 0.6 is 0 Å². The summed E-state index contributed by atoms with van der Waals surface area (Å²) >= 11 is 0. The summed E-state index contributed by atoms with van der Waals surface area (Å²) in [6.45, 7) is 2.79. The van der Waals surface area contributed by atoms with E-state index in [1.54, 1.807) is 6.92 Å². The number of carbonyl (C=O) groups is 2. The number of piperazine rings is 1. The molecule has 1 heterocycles. The van der Waals surface area contributed by atoms with Gasteiger partial charge >= 0.3 is 5.97 Å². The van der Waals surface area contributed by atoms with Crippen LogP contribution in [0.25, 0.3) is 0 Å². The normalized spacial score (nSPS) is 23.1. The van der Waals surface area contributed by atoms with Crippen LogP contribution in [0.3, 0.4) is 0 Å². The minimum Gasteiger partial charge on any atom is -0.464 e. The lowest BCUT2D eigenvalue weighted by molar-refractivity contribution is -0.148. The van der Waals surface area contributed by atoms with Crippen molar-refractivity contribution in [2.24, 2.45) is 0 Å². The Labute approximate surface area is 70.5 Å². The van der Waals surface area contributed by atoms with Gasteiger partial charge in [0.1, 0.15) is 6.04 Å². The molecule has 0 aromatic heterocycles. The van der Waals surface area contributed by atoms with Gasteiger partial charge in [0, 0.05) is 6.54 Å². The molecule has 5 heteroatoms. The first-order valence-electron chi connectivity index (χ1n) is 3.90. The van der Waals surface area contributed by atoms with Crippen LogP contribution in [0.2, 0.25) is 0 Å². The number of hydrogen-bond donors (Lipinski definition) is 2. The molecule has 0 bridgehead atoms. The molecule has 0 aromatic rings. The molecule has 0 unspecified atom stereocenters. The molecule has 1 fully saturated rings. The fraction of sp³-hybridized carbons (Fsp3) is 0.714. The highest BCUT2D eigenvalue weighted by molar-refractivity contribution is 5.86. The van der Waals surface area contributed by atoms with Crippen LogP contribution in [0.1, 0.15) is 6.92 Å². The highest BCUT2D eigenvalue weighted by atomic mass is 16.5. The summed E-state index contributed by atoms with van der Waals surface area (Å²) in [5.41, 5.74) is 0. The number of esters is 1. The van der Waals surface area contributed by atoms with Crippen molar-refractivity contribution in [2.45, 2.75) is 13.0 Å². The quantitative estimate of drug-likeness (QED) is 0.505. The van der Waals surface area contributed by atoms with E-state index in [0.717, 1.165) is 0 Å². The molecule has 1 aliphatic heterocycles. The number of ether oxygens (including phenoxy) is 1. The van der Waals surface area contributed by atoms with Gasteiger partial charge in [0.05, 0.1) is 13.2 Å². The van der Waals surface area contributed by atoms with E-state index < -0.39 is 6.04 Å². The largest absolute Gasteiger partial charge is 0.464 e. The molecule has 0 spiro atoms. The Bertz CT molecular complexity index is 193. The van der Waals surface area contributed by atoms with E-state index >= 15 is 0 Å². The zero-order valence-electron chi connectivity index (χ0n) is 6.92. The van der Waals surface area contributed by atoms with Crippen molar-refractivity contribution in [1.29, 1.82) is 0 Å². The van der Waals surface area contributed by atoms with E-state index in [2.05, 4.69) is 10.6 Å². The number of carbonyl (C=O) groups excluding carboxylic acids is 2. The topological polar surface area (TPSA) is 67.4 Å². The SMILES string of the molecule is CCOC(=O)[C@H]1CNCC(=O)N1. The zero-order chi connectivity index (χ0) is 8.97. The summed E-state index contributed by atoms with van der Waals surface area (Å²) in [6, 6.07) is -0.522. The Hall–Kier alpha value is -1.10. The Balaban J connectivity index is 2.40. The van der Waals surface area contributed by atoms with Gasteiger partial charge in [0.25, 0.3) is 0 Å². The molecule has 1 rings (SSSR count). The first-order chi connectivity index (χ1) is 5.74. The summed E-state index contributed by atoms with van der Waals surface area (Å²) in [5, 5.41) is 5.34. The van der Waals surface area contributed by atoms with Crippen molar-refractivity contribution in [3.05, 3.63) is 0 Å². The standard InChI is InChI=1S/C7H12N2O3/c1-2-12-7(11)5-3-8-4-6(10)9-5/h5,8H,2-4H2,1H3,(H,9,10)/t5-/m1/s1. The molecule has 1 amide bonds. The van der Waals surface area contributed by atoms with Crippen molar-refractivity contribution >= 4 is 11.9 Å². The minimum atomic E-state index is -0.522. The third kappa shape index (κ3) is 2.20. The van der Waals surface area contributed by atoms with Crippen molar-refractivity contribution in [3.8, 4) is 0 Å². The number of hydrogen-bond acceptors (Lipinski definition) is 4. The Kier molecular flexibility index (Phi) is 3.04. The second-order valence-corrected chi connectivity index (χ2v) is 2.50. The van der Waals surface area contributed by atoms with Gasteiger partial charge < -0.3 is 15.4 Å². The van der Waals surface area contributed by atoms with E-state index in [0.29, 0.717) is 13.2 Å². The maximum absolute atomic E-state index is 11.1. The van der Waals surface area contributed by atoms with Gasteiger partial charge in [0.2, 0.25) is 5.91 Å². The molecular formula is C7H12N2O3. The highest BCUT2D eigenvalue weighted by Crippen LogP contribution is 1.91. The van der Waals surface area contributed by atoms with E-state index in [-0.39, 0.29) is 18.4 Å². The van der Waals surface area contributed by atoms with Gasteiger partial charge in [-0.15, -0.1) is 0 Å². The zero-order valence-corrected chi connectivity index (χ0v) is 6.92. The predicted octanol–water partition coefficient (Wildman–Crippen LogP) is -1.36. The molecule has 1 saturated heterocycles. The smallest absolute Gasteiger partial charge is 0.329 e. The van der Waals surface area contributed by atoms with Crippen LogP contribution in [0.5, 0.6) is 0 Å². The first kappa shape index (κ1) is 8.99. The molecular weight excluding hydrogens is 160 g/mol. The Morgan fingerprint density at radius 1 is 1.75 bits per heavy atom. The van der Waals surface area contributed by atoms with Gasteiger partial charge in [-0.2, -0.15) is 0 Å². The molecule has 12 heavy (non-hydrogen) atoms. The molecule has 5 nitrogen and oxygen atoms in total. The monoisotopic (exact) mass is 172 g/mol. The minimum absolute atomic E-state index is 0.167. The number of amides is 1. The van der Waals surface area contributed by atoms with Gasteiger partial charge in [-0.05, 0) is 6.92 Å². The molecule has 1 aliphatic rings. The van der Waals surface area contributed by atoms with Crippen LogP contribution < -0.4 is 10.6 Å². The number of nitrogens with one attached hydrogen (secondary N) is 2.